The summed E-state index contributed by atoms with van der Waals surface area (Å²) in [5.41, 5.74) is 7.49. The number of aromatic nitrogens is 1. The highest BCUT2D eigenvalue weighted by Crippen LogP contribution is 2.27. The van der Waals surface area contributed by atoms with Crippen molar-refractivity contribution in [1.82, 2.24) is 4.98 Å². The average molecular weight is 286 g/mol. The zero-order chi connectivity index (χ0) is 11.4. The molecule has 2 heterocycles. The molecule has 0 aliphatic carbocycles. The van der Waals surface area contributed by atoms with E-state index in [1.807, 2.05) is 0 Å². The van der Waals surface area contributed by atoms with E-state index in [0.29, 0.717) is 11.6 Å². The number of anilines is 2. The Morgan fingerprint density at radius 3 is 2.88 bits per heavy atom. The van der Waals surface area contributed by atoms with Crippen LogP contribution in [0.3, 0.4) is 0 Å². The number of rotatable bonds is 3. The van der Waals surface area contributed by atoms with Crippen molar-refractivity contribution in [3.8, 4) is 0 Å². The van der Waals surface area contributed by atoms with Crippen molar-refractivity contribution in [2.45, 2.75) is 12.8 Å². The molecule has 0 unspecified atom stereocenters. The van der Waals surface area contributed by atoms with E-state index in [-0.39, 0.29) is 0 Å². The van der Waals surface area contributed by atoms with Crippen LogP contribution >= 0.6 is 15.9 Å². The van der Waals surface area contributed by atoms with E-state index in [9.17, 15) is 0 Å². The van der Waals surface area contributed by atoms with Crippen molar-refractivity contribution in [2.75, 3.05) is 30.8 Å². The van der Waals surface area contributed by atoms with E-state index < -0.39 is 0 Å². The average Bonchev–Trinajstić information content (AvgIpc) is 2.30. The molecule has 1 saturated heterocycles. The van der Waals surface area contributed by atoms with Crippen LogP contribution in [0.5, 0.6) is 0 Å². The lowest BCUT2D eigenvalue weighted by molar-refractivity contribution is 0.0699. The van der Waals surface area contributed by atoms with Gasteiger partial charge >= 0.3 is 0 Å². The predicted octanol–water partition coefficient (Wildman–Crippen LogP) is 2.26. The van der Waals surface area contributed by atoms with Crippen LogP contribution in [0, 0.1) is 5.92 Å². The maximum atomic E-state index is 5.86. The molecular formula is C11H16BrN3O. The van der Waals surface area contributed by atoms with Crippen molar-refractivity contribution >= 4 is 27.3 Å². The van der Waals surface area contributed by atoms with Gasteiger partial charge in [-0.2, -0.15) is 0 Å². The van der Waals surface area contributed by atoms with E-state index in [0.717, 1.165) is 42.8 Å². The molecule has 3 N–H and O–H groups in total. The maximum Gasteiger partial charge on any atom is 0.0750 e. The Balaban J connectivity index is 1.93. The van der Waals surface area contributed by atoms with Crippen molar-refractivity contribution in [2.24, 2.45) is 5.92 Å². The van der Waals surface area contributed by atoms with Gasteiger partial charge in [0.05, 0.1) is 22.0 Å². The number of hydrogen-bond acceptors (Lipinski definition) is 4. The second kappa shape index (κ2) is 5.50. The molecule has 1 aliphatic heterocycles. The number of halogens is 1. The third-order valence-electron chi connectivity index (χ3n) is 2.84. The van der Waals surface area contributed by atoms with Crippen LogP contribution in [0.4, 0.5) is 11.4 Å². The molecule has 2 rings (SSSR count). The Morgan fingerprint density at radius 1 is 1.44 bits per heavy atom. The summed E-state index contributed by atoms with van der Waals surface area (Å²) in [6.07, 6.45) is 5.66. The Hall–Kier alpha value is -0.810. The fourth-order valence-electron chi connectivity index (χ4n) is 1.83. The summed E-state index contributed by atoms with van der Waals surface area (Å²) >= 11 is 3.44. The molecule has 0 amide bonds. The largest absolute Gasteiger partial charge is 0.396 e. The van der Waals surface area contributed by atoms with Crippen molar-refractivity contribution < 1.29 is 4.74 Å². The number of pyridine rings is 1. The zero-order valence-corrected chi connectivity index (χ0v) is 10.7. The fourth-order valence-corrected chi connectivity index (χ4v) is 2.32. The highest BCUT2D eigenvalue weighted by molar-refractivity contribution is 9.10. The molecular weight excluding hydrogens is 270 g/mol. The summed E-state index contributed by atoms with van der Waals surface area (Å²) in [5.74, 6) is 0.674. The number of ether oxygens (including phenoxy) is 1. The number of nitrogens with zero attached hydrogens (tertiary/aromatic N) is 1. The van der Waals surface area contributed by atoms with E-state index in [4.69, 9.17) is 10.5 Å². The number of hydrogen-bond donors (Lipinski definition) is 2. The van der Waals surface area contributed by atoms with Crippen LogP contribution in [0.2, 0.25) is 0 Å². The van der Waals surface area contributed by atoms with Crippen molar-refractivity contribution in [1.29, 1.82) is 0 Å². The molecule has 0 atom stereocenters. The first-order valence-electron chi connectivity index (χ1n) is 5.48. The molecule has 0 saturated carbocycles. The minimum atomic E-state index is 0.674. The van der Waals surface area contributed by atoms with Gasteiger partial charge in [-0.25, -0.2) is 0 Å². The van der Waals surface area contributed by atoms with Gasteiger partial charge in [0, 0.05) is 26.0 Å². The summed E-state index contributed by atoms with van der Waals surface area (Å²) in [5, 5.41) is 3.38. The van der Waals surface area contributed by atoms with E-state index in [2.05, 4.69) is 26.2 Å². The SMILES string of the molecule is Nc1cncc(Br)c1NCC1CCOCC1. The first-order chi connectivity index (χ1) is 7.77. The Kier molecular flexibility index (Phi) is 4.01. The van der Waals surface area contributed by atoms with Gasteiger partial charge in [0.1, 0.15) is 0 Å². The molecule has 0 bridgehead atoms. The van der Waals surface area contributed by atoms with Gasteiger partial charge < -0.3 is 15.8 Å². The van der Waals surface area contributed by atoms with E-state index in [1.54, 1.807) is 12.4 Å². The van der Waals surface area contributed by atoms with Gasteiger partial charge in [-0.1, -0.05) is 0 Å². The lowest BCUT2D eigenvalue weighted by atomic mass is 10.0. The van der Waals surface area contributed by atoms with Crippen LogP contribution in [0.15, 0.2) is 16.9 Å². The van der Waals surface area contributed by atoms with Crippen LogP contribution in [-0.2, 0) is 4.74 Å². The number of nitrogens with two attached hydrogens (primary N) is 1. The topological polar surface area (TPSA) is 60.2 Å². The molecule has 88 valence electrons. The van der Waals surface area contributed by atoms with Crippen molar-refractivity contribution in [3.63, 3.8) is 0 Å². The molecule has 1 fully saturated rings. The van der Waals surface area contributed by atoms with Crippen LogP contribution in [-0.4, -0.2) is 24.7 Å². The molecule has 1 aliphatic rings. The third kappa shape index (κ3) is 2.86. The molecule has 0 spiro atoms. The van der Waals surface area contributed by atoms with Crippen LogP contribution in [0.25, 0.3) is 0 Å². The van der Waals surface area contributed by atoms with Crippen molar-refractivity contribution in [3.05, 3.63) is 16.9 Å². The van der Waals surface area contributed by atoms with Gasteiger partial charge in [0.25, 0.3) is 0 Å². The zero-order valence-electron chi connectivity index (χ0n) is 9.08. The van der Waals surface area contributed by atoms with E-state index in [1.165, 1.54) is 0 Å². The highest BCUT2D eigenvalue weighted by Gasteiger charge is 2.14. The minimum Gasteiger partial charge on any atom is -0.396 e. The first kappa shape index (κ1) is 11.7. The summed E-state index contributed by atoms with van der Waals surface area (Å²) in [6.45, 7) is 2.69. The standard InChI is InChI=1S/C11H16BrN3O/c12-9-6-14-7-10(13)11(9)15-5-8-1-3-16-4-2-8/h6-8H,1-5,13H2,(H,14,15). The summed E-state index contributed by atoms with van der Waals surface area (Å²) < 4.78 is 6.24. The fraction of sp³-hybridized carbons (Fsp3) is 0.545. The lowest BCUT2D eigenvalue weighted by Crippen LogP contribution is -2.23. The van der Waals surface area contributed by atoms with Gasteiger partial charge in [0.15, 0.2) is 0 Å². The molecule has 16 heavy (non-hydrogen) atoms. The quantitative estimate of drug-likeness (QED) is 0.894. The monoisotopic (exact) mass is 285 g/mol. The van der Waals surface area contributed by atoms with E-state index >= 15 is 0 Å². The predicted molar refractivity (Wildman–Crippen MR) is 68.4 cm³/mol. The maximum absolute atomic E-state index is 5.86. The third-order valence-corrected chi connectivity index (χ3v) is 3.44. The minimum absolute atomic E-state index is 0.674. The highest BCUT2D eigenvalue weighted by atomic mass is 79.9. The first-order valence-corrected chi connectivity index (χ1v) is 6.27. The molecule has 1 aromatic heterocycles. The summed E-state index contributed by atoms with van der Waals surface area (Å²) in [7, 11) is 0. The van der Waals surface area contributed by atoms with Gasteiger partial charge in [-0.05, 0) is 34.7 Å². The Bertz CT molecular complexity index is 333. The molecule has 4 nitrogen and oxygen atoms in total. The second-order valence-electron chi connectivity index (χ2n) is 4.02. The smallest absolute Gasteiger partial charge is 0.0750 e. The van der Waals surface area contributed by atoms with Gasteiger partial charge in [0.2, 0.25) is 0 Å². The summed E-state index contributed by atoms with van der Waals surface area (Å²) in [6, 6.07) is 0. The Morgan fingerprint density at radius 2 is 2.19 bits per heavy atom. The number of nitrogen functional groups attached to an aromatic ring is 1. The normalized spacial score (nSPS) is 17.3. The van der Waals surface area contributed by atoms with Crippen LogP contribution < -0.4 is 11.1 Å². The second-order valence-corrected chi connectivity index (χ2v) is 4.88. The molecule has 1 aromatic rings. The van der Waals surface area contributed by atoms with Gasteiger partial charge in [-0.3, -0.25) is 4.98 Å². The summed E-state index contributed by atoms with van der Waals surface area (Å²) in [4.78, 5) is 4.01. The molecule has 0 radical (unpaired) electrons. The lowest BCUT2D eigenvalue weighted by Gasteiger charge is -2.23. The number of nitrogens with one attached hydrogen (secondary N) is 1. The Labute approximate surface area is 104 Å². The van der Waals surface area contributed by atoms with Gasteiger partial charge in [-0.15, -0.1) is 0 Å². The molecule has 0 aromatic carbocycles. The van der Waals surface area contributed by atoms with Crippen LogP contribution in [0.1, 0.15) is 12.8 Å². The molecule has 5 heteroatoms.